The lowest BCUT2D eigenvalue weighted by Gasteiger charge is -2.10. The Morgan fingerprint density at radius 3 is 2.94 bits per heavy atom. The van der Waals surface area contributed by atoms with Crippen molar-refractivity contribution in [2.24, 2.45) is 5.73 Å². The summed E-state index contributed by atoms with van der Waals surface area (Å²) in [4.78, 5) is 3.87. The second kappa shape index (κ2) is 4.46. The lowest BCUT2D eigenvalue weighted by molar-refractivity contribution is 0.881. The summed E-state index contributed by atoms with van der Waals surface area (Å²) in [5.74, 6) is 0. The van der Waals surface area contributed by atoms with Crippen LogP contribution in [0.5, 0.6) is 0 Å². The third-order valence-corrected chi connectivity index (χ3v) is 2.22. The molecule has 0 saturated heterocycles. The number of halogens is 1. The fourth-order valence-electron chi connectivity index (χ4n) is 1.27. The standard InChI is InChI=1S/C9H8ClN5S/c10-6-1-2-8(15-5-12-4-13-15)7(3-6)14-9(11)16/h1-5H,(H3,11,14,16). The maximum absolute atomic E-state index is 5.89. The van der Waals surface area contributed by atoms with Crippen LogP contribution in [-0.4, -0.2) is 19.9 Å². The van der Waals surface area contributed by atoms with Crippen LogP contribution in [0.15, 0.2) is 30.9 Å². The Bertz CT molecular complexity index is 511. The maximum atomic E-state index is 5.89. The van der Waals surface area contributed by atoms with Crippen molar-refractivity contribution in [2.45, 2.75) is 0 Å². The molecular formula is C9H8ClN5S. The molecule has 3 N–H and O–H groups in total. The Labute approximate surface area is 102 Å². The van der Waals surface area contributed by atoms with E-state index in [1.54, 1.807) is 29.2 Å². The van der Waals surface area contributed by atoms with E-state index in [4.69, 9.17) is 29.6 Å². The van der Waals surface area contributed by atoms with Gasteiger partial charge in [0.15, 0.2) is 5.11 Å². The second-order valence-electron chi connectivity index (χ2n) is 2.99. The van der Waals surface area contributed by atoms with Gasteiger partial charge in [0, 0.05) is 5.02 Å². The summed E-state index contributed by atoms with van der Waals surface area (Å²) < 4.78 is 1.59. The van der Waals surface area contributed by atoms with Crippen LogP contribution >= 0.6 is 23.8 Å². The molecule has 82 valence electrons. The predicted octanol–water partition coefficient (Wildman–Crippen LogP) is 1.58. The number of hydrogen-bond donors (Lipinski definition) is 2. The van der Waals surface area contributed by atoms with E-state index in [0.29, 0.717) is 10.7 Å². The van der Waals surface area contributed by atoms with Gasteiger partial charge in [-0.15, -0.1) is 0 Å². The number of thiocarbonyl (C=S) groups is 1. The van der Waals surface area contributed by atoms with Crippen molar-refractivity contribution in [3.63, 3.8) is 0 Å². The van der Waals surface area contributed by atoms with Crippen molar-refractivity contribution < 1.29 is 0 Å². The summed E-state index contributed by atoms with van der Waals surface area (Å²) in [7, 11) is 0. The predicted molar refractivity (Wildman–Crippen MR) is 66.8 cm³/mol. The van der Waals surface area contributed by atoms with Gasteiger partial charge < -0.3 is 11.1 Å². The zero-order valence-corrected chi connectivity index (χ0v) is 9.66. The molecule has 0 bridgehead atoms. The fourth-order valence-corrected chi connectivity index (χ4v) is 1.56. The minimum atomic E-state index is 0.170. The van der Waals surface area contributed by atoms with E-state index in [1.807, 2.05) is 0 Å². The molecule has 7 heteroatoms. The van der Waals surface area contributed by atoms with Gasteiger partial charge in [0.05, 0.1) is 11.4 Å². The highest BCUT2D eigenvalue weighted by atomic mass is 35.5. The van der Waals surface area contributed by atoms with Crippen LogP contribution in [0.25, 0.3) is 5.69 Å². The molecule has 0 aliphatic carbocycles. The average Bonchev–Trinajstić information content (AvgIpc) is 2.69. The quantitative estimate of drug-likeness (QED) is 0.796. The first-order valence-electron chi connectivity index (χ1n) is 4.38. The first-order chi connectivity index (χ1) is 7.66. The molecule has 1 aromatic carbocycles. The van der Waals surface area contributed by atoms with E-state index in [0.717, 1.165) is 5.69 Å². The SMILES string of the molecule is NC(=S)Nc1cc(Cl)ccc1-n1cncn1. The van der Waals surface area contributed by atoms with Crippen LogP contribution in [0.4, 0.5) is 5.69 Å². The Morgan fingerprint density at radius 2 is 2.31 bits per heavy atom. The molecule has 0 spiro atoms. The van der Waals surface area contributed by atoms with Crippen molar-refractivity contribution in [3.05, 3.63) is 35.9 Å². The summed E-state index contributed by atoms with van der Waals surface area (Å²) in [6.07, 6.45) is 3.02. The van der Waals surface area contributed by atoms with Crippen LogP contribution in [0, 0.1) is 0 Å². The highest BCUT2D eigenvalue weighted by Gasteiger charge is 2.06. The lowest BCUT2D eigenvalue weighted by Crippen LogP contribution is -2.20. The molecule has 0 saturated carbocycles. The zero-order chi connectivity index (χ0) is 11.5. The largest absolute Gasteiger partial charge is 0.376 e. The molecule has 5 nitrogen and oxygen atoms in total. The summed E-state index contributed by atoms with van der Waals surface area (Å²) >= 11 is 10.7. The summed E-state index contributed by atoms with van der Waals surface area (Å²) in [6.45, 7) is 0. The Balaban J connectivity index is 2.48. The number of nitrogens with one attached hydrogen (secondary N) is 1. The normalized spacial score (nSPS) is 10.1. The second-order valence-corrected chi connectivity index (χ2v) is 3.87. The summed E-state index contributed by atoms with van der Waals surface area (Å²) in [6, 6.07) is 5.28. The van der Waals surface area contributed by atoms with Gasteiger partial charge in [-0.1, -0.05) is 11.6 Å². The number of nitrogens with two attached hydrogens (primary N) is 1. The Morgan fingerprint density at radius 1 is 1.50 bits per heavy atom. The Kier molecular flexibility index (Phi) is 3.02. The monoisotopic (exact) mass is 253 g/mol. The number of aromatic nitrogens is 3. The van der Waals surface area contributed by atoms with Gasteiger partial charge in [0.25, 0.3) is 0 Å². The molecule has 0 unspecified atom stereocenters. The molecule has 0 fully saturated rings. The molecule has 0 radical (unpaired) electrons. The van der Waals surface area contributed by atoms with Crippen LogP contribution in [0.1, 0.15) is 0 Å². The van der Waals surface area contributed by atoms with Crippen molar-refractivity contribution in [2.75, 3.05) is 5.32 Å². The van der Waals surface area contributed by atoms with E-state index in [2.05, 4.69) is 15.4 Å². The molecule has 1 heterocycles. The molecule has 16 heavy (non-hydrogen) atoms. The number of rotatable bonds is 2. The molecule has 0 amide bonds. The fraction of sp³-hybridized carbons (Fsp3) is 0. The summed E-state index contributed by atoms with van der Waals surface area (Å²) in [5, 5.41) is 7.62. The van der Waals surface area contributed by atoms with Crippen molar-refractivity contribution in [1.29, 1.82) is 0 Å². The van der Waals surface area contributed by atoms with Crippen LogP contribution in [0.2, 0.25) is 5.02 Å². The highest BCUT2D eigenvalue weighted by molar-refractivity contribution is 7.80. The van der Waals surface area contributed by atoms with Crippen molar-refractivity contribution in [1.82, 2.24) is 14.8 Å². The third-order valence-electron chi connectivity index (χ3n) is 1.88. The van der Waals surface area contributed by atoms with Gasteiger partial charge in [-0.2, -0.15) is 5.10 Å². The zero-order valence-electron chi connectivity index (χ0n) is 8.09. The summed E-state index contributed by atoms with van der Waals surface area (Å²) in [5.41, 5.74) is 6.89. The first-order valence-corrected chi connectivity index (χ1v) is 5.16. The maximum Gasteiger partial charge on any atom is 0.168 e. The first kappa shape index (κ1) is 10.8. The third kappa shape index (κ3) is 2.29. The Hall–Kier alpha value is -1.66. The minimum Gasteiger partial charge on any atom is -0.376 e. The molecular weight excluding hydrogens is 246 g/mol. The number of hydrogen-bond acceptors (Lipinski definition) is 3. The topological polar surface area (TPSA) is 68.8 Å². The van der Waals surface area contributed by atoms with Gasteiger partial charge in [-0.05, 0) is 30.4 Å². The van der Waals surface area contributed by atoms with Crippen LogP contribution < -0.4 is 11.1 Å². The number of benzene rings is 1. The van der Waals surface area contributed by atoms with E-state index >= 15 is 0 Å². The molecule has 2 rings (SSSR count). The molecule has 0 aliphatic heterocycles. The van der Waals surface area contributed by atoms with Crippen LogP contribution in [0.3, 0.4) is 0 Å². The minimum absolute atomic E-state index is 0.170. The van der Waals surface area contributed by atoms with Crippen molar-refractivity contribution in [3.8, 4) is 5.69 Å². The lowest BCUT2D eigenvalue weighted by atomic mass is 10.2. The van der Waals surface area contributed by atoms with Crippen LogP contribution in [-0.2, 0) is 0 Å². The van der Waals surface area contributed by atoms with Gasteiger partial charge in [-0.3, -0.25) is 0 Å². The van der Waals surface area contributed by atoms with Gasteiger partial charge in [0.2, 0.25) is 0 Å². The number of anilines is 1. The van der Waals surface area contributed by atoms with E-state index in [9.17, 15) is 0 Å². The van der Waals surface area contributed by atoms with Gasteiger partial charge >= 0.3 is 0 Å². The number of nitrogens with zero attached hydrogens (tertiary/aromatic N) is 3. The van der Waals surface area contributed by atoms with E-state index < -0.39 is 0 Å². The molecule has 2 aromatic rings. The van der Waals surface area contributed by atoms with E-state index in [-0.39, 0.29) is 5.11 Å². The molecule has 0 aliphatic rings. The van der Waals surface area contributed by atoms with Crippen molar-refractivity contribution >= 4 is 34.6 Å². The molecule has 0 atom stereocenters. The smallest absolute Gasteiger partial charge is 0.168 e. The van der Waals surface area contributed by atoms with Gasteiger partial charge in [-0.25, -0.2) is 9.67 Å². The highest BCUT2D eigenvalue weighted by Crippen LogP contribution is 2.23. The average molecular weight is 254 g/mol. The van der Waals surface area contributed by atoms with Gasteiger partial charge in [0.1, 0.15) is 12.7 Å². The molecule has 1 aromatic heterocycles. The van der Waals surface area contributed by atoms with E-state index in [1.165, 1.54) is 6.33 Å².